The minimum atomic E-state index is -0.123. The van der Waals surface area contributed by atoms with E-state index in [0.717, 1.165) is 5.56 Å². The molecule has 0 unspecified atom stereocenters. The van der Waals surface area contributed by atoms with Gasteiger partial charge in [0.25, 0.3) is 0 Å². The number of hydrogen-bond donors (Lipinski definition) is 0. The molecule has 0 N–H and O–H groups in total. The van der Waals surface area contributed by atoms with Gasteiger partial charge in [-0.2, -0.15) is 0 Å². The molecule has 0 spiro atoms. The molecule has 23 heavy (non-hydrogen) atoms. The lowest BCUT2D eigenvalue weighted by Crippen LogP contribution is -2.52. The number of carbonyl (C=O) groups excluding carboxylic acids is 2. The van der Waals surface area contributed by atoms with E-state index in [9.17, 15) is 9.59 Å². The average Bonchev–Trinajstić information content (AvgIpc) is 2.57. The van der Waals surface area contributed by atoms with E-state index in [2.05, 4.69) is 0 Å². The normalized spacial score (nSPS) is 25.5. The molecule has 0 bridgehead atoms. The summed E-state index contributed by atoms with van der Waals surface area (Å²) >= 11 is 0. The minimum Gasteiger partial charge on any atom is -0.374 e. The van der Waals surface area contributed by atoms with E-state index in [1.807, 2.05) is 42.2 Å². The highest BCUT2D eigenvalue weighted by Gasteiger charge is 2.33. The van der Waals surface area contributed by atoms with Crippen molar-refractivity contribution < 1.29 is 19.1 Å². The van der Waals surface area contributed by atoms with Crippen molar-refractivity contribution in [3.63, 3.8) is 0 Å². The lowest BCUT2D eigenvalue weighted by molar-refractivity contribution is -0.154. The molecule has 1 aromatic carbocycles. The van der Waals surface area contributed by atoms with E-state index < -0.39 is 0 Å². The fourth-order valence-corrected chi connectivity index (χ4v) is 3.00. The van der Waals surface area contributed by atoms with E-state index in [1.165, 1.54) is 0 Å². The molecular formula is C17H22N2O4. The van der Waals surface area contributed by atoms with Crippen molar-refractivity contribution in [2.75, 3.05) is 39.5 Å². The topological polar surface area (TPSA) is 59.1 Å². The Hall–Kier alpha value is -1.92. The first-order valence-corrected chi connectivity index (χ1v) is 7.96. The molecule has 2 saturated heterocycles. The van der Waals surface area contributed by atoms with Gasteiger partial charge in [-0.3, -0.25) is 9.59 Å². The molecule has 3 rings (SSSR count). The van der Waals surface area contributed by atoms with Crippen LogP contribution in [0, 0.1) is 0 Å². The molecule has 2 fully saturated rings. The number of rotatable bonds is 3. The Kier molecular flexibility index (Phi) is 4.93. The number of nitrogens with zero attached hydrogens (tertiary/aromatic N) is 2. The molecule has 0 aromatic heterocycles. The van der Waals surface area contributed by atoms with Crippen molar-refractivity contribution in [1.82, 2.24) is 9.80 Å². The maximum absolute atomic E-state index is 12.8. The van der Waals surface area contributed by atoms with Crippen molar-refractivity contribution in [3.05, 3.63) is 35.9 Å². The van der Waals surface area contributed by atoms with Gasteiger partial charge in [0.1, 0.15) is 6.61 Å². The molecule has 6 nitrogen and oxygen atoms in total. The van der Waals surface area contributed by atoms with Crippen LogP contribution in [-0.2, 0) is 19.1 Å². The van der Waals surface area contributed by atoms with Gasteiger partial charge in [0.05, 0.1) is 31.9 Å². The molecule has 0 saturated carbocycles. The third kappa shape index (κ3) is 3.71. The van der Waals surface area contributed by atoms with Crippen molar-refractivity contribution in [2.45, 2.75) is 19.1 Å². The number of morpholine rings is 2. The third-order valence-electron chi connectivity index (χ3n) is 4.28. The summed E-state index contributed by atoms with van der Waals surface area (Å²) in [7, 11) is 0. The zero-order valence-electron chi connectivity index (χ0n) is 13.3. The van der Waals surface area contributed by atoms with Crippen LogP contribution in [-0.4, -0.2) is 67.2 Å². The van der Waals surface area contributed by atoms with Gasteiger partial charge in [0.2, 0.25) is 11.8 Å². The first-order chi connectivity index (χ1) is 11.1. The zero-order valence-corrected chi connectivity index (χ0v) is 13.3. The standard InChI is InChI=1S/C17H22N2O4/c1-13-9-19(15(11-23-13)14-5-3-2-4-6-14)16(20)10-18-7-8-22-12-17(18)21/h2-6,13,15H,7-12H2,1H3/t13-,15+/m1/s1. The SMILES string of the molecule is C[C@@H]1CN(C(=O)CN2CCOCC2=O)[C@H](c2ccccc2)CO1. The summed E-state index contributed by atoms with van der Waals surface area (Å²) in [5.41, 5.74) is 1.06. The predicted molar refractivity (Wildman–Crippen MR) is 83.7 cm³/mol. The molecule has 124 valence electrons. The van der Waals surface area contributed by atoms with E-state index in [4.69, 9.17) is 9.47 Å². The van der Waals surface area contributed by atoms with Gasteiger partial charge in [0, 0.05) is 13.1 Å². The first-order valence-electron chi connectivity index (χ1n) is 7.96. The number of amides is 2. The second-order valence-electron chi connectivity index (χ2n) is 5.98. The fraction of sp³-hybridized carbons (Fsp3) is 0.529. The van der Waals surface area contributed by atoms with Crippen LogP contribution < -0.4 is 0 Å². The molecule has 6 heteroatoms. The monoisotopic (exact) mass is 318 g/mol. The van der Waals surface area contributed by atoms with Crippen molar-refractivity contribution >= 4 is 11.8 Å². The van der Waals surface area contributed by atoms with Crippen molar-refractivity contribution in [1.29, 1.82) is 0 Å². The molecule has 2 atom stereocenters. The van der Waals surface area contributed by atoms with Crippen LogP contribution in [0.3, 0.4) is 0 Å². The van der Waals surface area contributed by atoms with Gasteiger partial charge in [-0.05, 0) is 12.5 Å². The van der Waals surface area contributed by atoms with E-state index in [1.54, 1.807) is 4.90 Å². The fourth-order valence-electron chi connectivity index (χ4n) is 3.00. The van der Waals surface area contributed by atoms with E-state index in [-0.39, 0.29) is 37.1 Å². The molecule has 1 aromatic rings. The summed E-state index contributed by atoms with van der Waals surface area (Å²) in [4.78, 5) is 28.0. The maximum atomic E-state index is 12.8. The van der Waals surface area contributed by atoms with Gasteiger partial charge in [0.15, 0.2) is 0 Å². The van der Waals surface area contributed by atoms with Crippen LogP contribution >= 0.6 is 0 Å². The summed E-state index contributed by atoms with van der Waals surface area (Å²) in [6, 6.07) is 9.78. The van der Waals surface area contributed by atoms with Crippen LogP contribution in [0.25, 0.3) is 0 Å². The Morgan fingerprint density at radius 3 is 2.83 bits per heavy atom. The maximum Gasteiger partial charge on any atom is 0.249 e. The van der Waals surface area contributed by atoms with Crippen molar-refractivity contribution in [3.8, 4) is 0 Å². The van der Waals surface area contributed by atoms with Gasteiger partial charge >= 0.3 is 0 Å². The van der Waals surface area contributed by atoms with Crippen LogP contribution in [0.4, 0.5) is 0 Å². The molecule has 0 aliphatic carbocycles. The van der Waals surface area contributed by atoms with Crippen LogP contribution in [0.1, 0.15) is 18.5 Å². The van der Waals surface area contributed by atoms with Crippen LogP contribution in [0.5, 0.6) is 0 Å². The molecule has 2 aliphatic heterocycles. The highest BCUT2D eigenvalue weighted by molar-refractivity contribution is 5.86. The summed E-state index contributed by atoms with van der Waals surface area (Å²) < 4.78 is 10.9. The molecule has 2 heterocycles. The second-order valence-corrected chi connectivity index (χ2v) is 5.98. The van der Waals surface area contributed by atoms with Crippen LogP contribution in [0.15, 0.2) is 30.3 Å². The first kappa shape index (κ1) is 16.0. The number of ether oxygens (including phenoxy) is 2. The molecule has 0 radical (unpaired) electrons. The van der Waals surface area contributed by atoms with E-state index in [0.29, 0.717) is 26.3 Å². The summed E-state index contributed by atoms with van der Waals surface area (Å²) in [5.74, 6) is -0.161. The third-order valence-corrected chi connectivity index (χ3v) is 4.28. The Labute approximate surface area is 136 Å². The second kappa shape index (κ2) is 7.10. The Morgan fingerprint density at radius 2 is 2.09 bits per heavy atom. The predicted octanol–water partition coefficient (Wildman–Crippen LogP) is 0.834. The minimum absolute atomic E-state index is 0.000645. The summed E-state index contributed by atoms with van der Waals surface area (Å²) in [6.45, 7) is 4.11. The number of benzene rings is 1. The highest BCUT2D eigenvalue weighted by Crippen LogP contribution is 2.26. The summed E-state index contributed by atoms with van der Waals surface area (Å²) in [6.07, 6.45) is -0.000645. The largest absolute Gasteiger partial charge is 0.374 e. The Bertz CT molecular complexity index is 563. The molecule has 2 aliphatic rings. The smallest absolute Gasteiger partial charge is 0.249 e. The van der Waals surface area contributed by atoms with Gasteiger partial charge in [-0.25, -0.2) is 0 Å². The van der Waals surface area contributed by atoms with Gasteiger partial charge < -0.3 is 19.3 Å². The zero-order chi connectivity index (χ0) is 16.2. The number of hydrogen-bond acceptors (Lipinski definition) is 4. The molecule has 2 amide bonds. The number of carbonyl (C=O) groups is 2. The summed E-state index contributed by atoms with van der Waals surface area (Å²) in [5, 5.41) is 0. The van der Waals surface area contributed by atoms with E-state index >= 15 is 0 Å². The lowest BCUT2D eigenvalue weighted by atomic mass is 10.0. The van der Waals surface area contributed by atoms with Gasteiger partial charge in [-0.15, -0.1) is 0 Å². The highest BCUT2D eigenvalue weighted by atomic mass is 16.5. The Morgan fingerprint density at radius 1 is 1.30 bits per heavy atom. The van der Waals surface area contributed by atoms with Crippen LogP contribution in [0.2, 0.25) is 0 Å². The van der Waals surface area contributed by atoms with Gasteiger partial charge in [-0.1, -0.05) is 30.3 Å². The quantitative estimate of drug-likeness (QED) is 0.828. The molecular weight excluding hydrogens is 296 g/mol. The van der Waals surface area contributed by atoms with Crippen molar-refractivity contribution in [2.24, 2.45) is 0 Å². The lowest BCUT2D eigenvalue weighted by Gasteiger charge is -2.40. The average molecular weight is 318 g/mol. The Balaban J connectivity index is 1.73.